The molecule has 3 aromatic carbocycles. The quantitative estimate of drug-likeness (QED) is 0.0620. The van der Waals surface area contributed by atoms with Crippen LogP contribution in [0.15, 0.2) is 89.0 Å². The third kappa shape index (κ3) is 10.6. The van der Waals surface area contributed by atoms with Gasteiger partial charge in [0.15, 0.2) is 5.82 Å². The molecule has 0 saturated carbocycles. The van der Waals surface area contributed by atoms with Gasteiger partial charge in [0.25, 0.3) is 5.56 Å². The minimum atomic E-state index is -0.309. The first kappa shape index (κ1) is 38.4. The maximum Gasteiger partial charge on any atom is 0.263 e. The molecule has 5 rings (SSSR count). The van der Waals surface area contributed by atoms with Crippen LogP contribution >= 0.6 is 11.6 Å². The monoisotopic (exact) mass is 736 g/mol. The van der Waals surface area contributed by atoms with Crippen molar-refractivity contribution >= 4 is 46.3 Å². The zero-order valence-electron chi connectivity index (χ0n) is 29.6. The van der Waals surface area contributed by atoms with Gasteiger partial charge in [0.2, 0.25) is 5.91 Å². The van der Waals surface area contributed by atoms with Crippen LogP contribution in [-0.4, -0.2) is 82.2 Å². The molecule has 13 nitrogen and oxygen atoms in total. The van der Waals surface area contributed by atoms with E-state index < -0.39 is 0 Å². The number of phenolic OH excluding ortho intramolecular Hbond substituents is 1. The zero-order chi connectivity index (χ0) is 37.6. The van der Waals surface area contributed by atoms with Crippen molar-refractivity contribution in [2.45, 2.75) is 32.4 Å². The summed E-state index contributed by atoms with van der Waals surface area (Å²) in [5.74, 6) is 7.38. The molecule has 0 atom stereocenters. The van der Waals surface area contributed by atoms with Gasteiger partial charge in [0, 0.05) is 56.8 Å². The van der Waals surface area contributed by atoms with Crippen molar-refractivity contribution in [1.82, 2.24) is 24.4 Å². The van der Waals surface area contributed by atoms with Gasteiger partial charge < -0.3 is 25.2 Å². The molecule has 0 bridgehead atoms. The van der Waals surface area contributed by atoms with Crippen molar-refractivity contribution in [3.63, 3.8) is 0 Å². The van der Waals surface area contributed by atoms with Crippen LogP contribution in [0.4, 0.5) is 11.6 Å². The predicted molar refractivity (Wildman–Crippen MR) is 206 cm³/mol. The lowest BCUT2D eigenvalue weighted by atomic mass is 10.1. The number of carbonyl (C=O) groups excluding carboxylic acids is 1. The number of nitrogens with two attached hydrogens (primary N) is 1. The molecule has 3 N–H and O–H groups in total. The van der Waals surface area contributed by atoms with Crippen molar-refractivity contribution < 1.29 is 19.4 Å². The number of benzene rings is 3. The van der Waals surface area contributed by atoms with Gasteiger partial charge in [-0.15, -0.1) is 0 Å². The lowest BCUT2D eigenvalue weighted by Crippen LogP contribution is -2.36. The number of hydrogen-bond acceptors (Lipinski definition) is 11. The number of rotatable bonds is 16. The van der Waals surface area contributed by atoms with Crippen LogP contribution in [0.2, 0.25) is 5.02 Å². The number of anilines is 2. The Bertz CT molecular complexity index is 2170. The summed E-state index contributed by atoms with van der Waals surface area (Å²) in [4.78, 5) is 42.4. The number of carbonyl (C=O) groups is 1. The summed E-state index contributed by atoms with van der Waals surface area (Å²) in [6.07, 6.45) is 4.23. The number of amides is 1. The SMILES string of the molecule is COCCN(CCOC)C(=O)CCCC#Cc1cccc2nc(CN(N=Cc3cccc(O)c3)c3cc(N)ncn3)n(Cc3ccccc3Cl)c(=O)c12. The van der Waals surface area contributed by atoms with E-state index in [4.69, 9.17) is 31.8 Å². The van der Waals surface area contributed by atoms with Crippen LogP contribution < -0.4 is 16.3 Å². The van der Waals surface area contributed by atoms with E-state index in [0.717, 1.165) is 5.56 Å². The van der Waals surface area contributed by atoms with Crippen LogP contribution in [0.5, 0.6) is 5.75 Å². The van der Waals surface area contributed by atoms with Gasteiger partial charge in [-0.1, -0.05) is 59.8 Å². The molecule has 0 aliphatic carbocycles. The van der Waals surface area contributed by atoms with Gasteiger partial charge in [0.05, 0.1) is 36.9 Å². The molecule has 0 radical (unpaired) electrons. The highest BCUT2D eigenvalue weighted by atomic mass is 35.5. The van der Waals surface area contributed by atoms with Gasteiger partial charge in [-0.3, -0.25) is 14.2 Å². The number of hydrogen-bond donors (Lipinski definition) is 2. The fourth-order valence-corrected chi connectivity index (χ4v) is 5.66. The highest BCUT2D eigenvalue weighted by molar-refractivity contribution is 6.31. The van der Waals surface area contributed by atoms with Crippen LogP contribution in [0, 0.1) is 11.8 Å². The number of nitrogens with zero attached hydrogens (tertiary/aromatic N) is 7. The molecule has 5 aromatic rings. The smallest absolute Gasteiger partial charge is 0.263 e. The van der Waals surface area contributed by atoms with E-state index in [0.29, 0.717) is 84.3 Å². The van der Waals surface area contributed by atoms with Gasteiger partial charge in [0.1, 0.15) is 30.3 Å². The third-order valence-electron chi connectivity index (χ3n) is 8.19. The summed E-state index contributed by atoms with van der Waals surface area (Å²) in [6.45, 7) is 2.01. The second-order valence-electron chi connectivity index (χ2n) is 11.9. The second kappa shape index (κ2) is 19.1. The van der Waals surface area contributed by atoms with Crippen LogP contribution in [0.3, 0.4) is 0 Å². The van der Waals surface area contributed by atoms with Crippen molar-refractivity contribution in [2.24, 2.45) is 5.10 Å². The van der Waals surface area contributed by atoms with Crippen molar-refractivity contribution in [3.8, 4) is 17.6 Å². The number of fused-ring (bicyclic) bond motifs is 1. The first-order chi connectivity index (χ1) is 25.8. The van der Waals surface area contributed by atoms with E-state index in [1.165, 1.54) is 6.33 Å². The Kier molecular flexibility index (Phi) is 13.9. The fourth-order valence-electron chi connectivity index (χ4n) is 5.46. The lowest BCUT2D eigenvalue weighted by molar-refractivity contribution is -0.132. The molecule has 2 aromatic heterocycles. The summed E-state index contributed by atoms with van der Waals surface area (Å²) in [5, 5.41) is 17.1. The summed E-state index contributed by atoms with van der Waals surface area (Å²) < 4.78 is 11.9. The molecule has 14 heteroatoms. The Balaban J connectivity index is 1.49. The molecule has 0 aliphatic heterocycles. The molecule has 0 saturated heterocycles. The van der Waals surface area contributed by atoms with Crippen molar-refractivity contribution in [3.05, 3.63) is 117 Å². The molecule has 0 fully saturated rings. The molecular weight excluding hydrogens is 696 g/mol. The molecule has 274 valence electrons. The number of nitrogen functional groups attached to an aromatic ring is 1. The highest BCUT2D eigenvalue weighted by Crippen LogP contribution is 2.22. The minimum Gasteiger partial charge on any atom is -0.508 e. The van der Waals surface area contributed by atoms with E-state index in [1.54, 1.807) is 89.5 Å². The normalized spacial score (nSPS) is 11.1. The van der Waals surface area contributed by atoms with Crippen LogP contribution in [-0.2, 0) is 27.4 Å². The lowest BCUT2D eigenvalue weighted by Gasteiger charge is -2.21. The molecule has 0 spiro atoms. The number of halogens is 1. The first-order valence-electron chi connectivity index (χ1n) is 17.0. The fraction of sp³-hybridized carbons (Fsp3) is 0.282. The number of aromatic hydroxyl groups is 1. The maximum absolute atomic E-state index is 14.5. The maximum atomic E-state index is 14.5. The van der Waals surface area contributed by atoms with Crippen molar-refractivity contribution in [1.29, 1.82) is 0 Å². The molecule has 53 heavy (non-hydrogen) atoms. The second-order valence-corrected chi connectivity index (χ2v) is 12.3. The highest BCUT2D eigenvalue weighted by Gasteiger charge is 2.19. The standard InChI is InChI=1S/C39H41ClN8O5/c1-52-20-18-46(19-21-53-2)37(50)17-5-3-4-11-29-13-9-16-33-38(29)39(51)47(25-30-12-6-7-15-32(30)40)36(45-33)26-48(35-23-34(41)42-27-43-35)44-24-28-10-8-14-31(49)22-28/h6-10,12-16,22-24,27,49H,3,5,17-21,25-26H2,1-2H3,(H2,41,42,43). The zero-order valence-corrected chi connectivity index (χ0v) is 30.4. The largest absolute Gasteiger partial charge is 0.508 e. The van der Waals surface area contributed by atoms with E-state index >= 15 is 0 Å². The predicted octanol–water partition coefficient (Wildman–Crippen LogP) is 4.86. The molecular formula is C39H41ClN8O5. The molecule has 1 amide bonds. The topological polar surface area (TPSA) is 161 Å². The Hall–Kier alpha value is -5.81. The Morgan fingerprint density at radius 1 is 1.04 bits per heavy atom. The number of hydrazone groups is 1. The summed E-state index contributed by atoms with van der Waals surface area (Å²) in [6, 6.07) is 20.8. The Morgan fingerprint density at radius 3 is 2.55 bits per heavy atom. The first-order valence-corrected chi connectivity index (χ1v) is 17.3. The Labute approximate surface area is 312 Å². The van der Waals surface area contributed by atoms with E-state index in [-0.39, 0.29) is 36.1 Å². The van der Waals surface area contributed by atoms with Crippen LogP contribution in [0.25, 0.3) is 10.9 Å². The summed E-state index contributed by atoms with van der Waals surface area (Å²) in [5.41, 5.74) is 8.04. The van der Waals surface area contributed by atoms with E-state index in [1.807, 2.05) is 18.2 Å². The summed E-state index contributed by atoms with van der Waals surface area (Å²) in [7, 11) is 3.20. The minimum absolute atomic E-state index is 0.00944. The van der Waals surface area contributed by atoms with Gasteiger partial charge in [-0.2, -0.15) is 5.10 Å². The van der Waals surface area contributed by atoms with Gasteiger partial charge >= 0.3 is 0 Å². The third-order valence-corrected chi connectivity index (χ3v) is 8.56. The summed E-state index contributed by atoms with van der Waals surface area (Å²) >= 11 is 6.58. The average molecular weight is 737 g/mol. The molecule has 2 heterocycles. The average Bonchev–Trinajstić information content (AvgIpc) is 3.15. The van der Waals surface area contributed by atoms with Crippen LogP contribution in [0.1, 0.15) is 41.8 Å². The van der Waals surface area contributed by atoms with Gasteiger partial charge in [-0.25, -0.2) is 20.0 Å². The van der Waals surface area contributed by atoms with E-state index in [9.17, 15) is 14.7 Å². The van der Waals surface area contributed by atoms with Gasteiger partial charge in [-0.05, 0) is 47.9 Å². The molecule has 0 aliphatic rings. The Morgan fingerprint density at radius 2 is 1.81 bits per heavy atom. The number of methoxy groups -OCH3 is 2. The number of unbranched alkanes of at least 4 members (excludes halogenated alkanes) is 1. The van der Waals surface area contributed by atoms with Crippen molar-refractivity contribution in [2.75, 3.05) is 51.3 Å². The molecule has 0 unspecified atom stereocenters. The number of ether oxygens (including phenoxy) is 2. The van der Waals surface area contributed by atoms with E-state index in [2.05, 4.69) is 26.9 Å². The number of phenols is 1. The number of aromatic nitrogens is 4.